The van der Waals surface area contributed by atoms with Crippen LogP contribution < -0.4 is 5.32 Å². The molecule has 1 N–H and O–H groups in total. The lowest BCUT2D eigenvalue weighted by molar-refractivity contribution is 0.379. The molecule has 2 aromatic rings. The van der Waals surface area contributed by atoms with Gasteiger partial charge < -0.3 is 5.32 Å². The Kier molecular flexibility index (Phi) is 4.64. The maximum absolute atomic E-state index is 3.74. The van der Waals surface area contributed by atoms with Gasteiger partial charge in [0.25, 0.3) is 0 Å². The van der Waals surface area contributed by atoms with Gasteiger partial charge in [0.1, 0.15) is 0 Å². The smallest absolute Gasteiger partial charge is 0.0208 e. The van der Waals surface area contributed by atoms with Gasteiger partial charge in [-0.2, -0.15) is 11.8 Å². The minimum absolute atomic E-state index is 0.713. The summed E-state index contributed by atoms with van der Waals surface area (Å²) in [6.45, 7) is 0.999. The van der Waals surface area contributed by atoms with Crippen molar-refractivity contribution in [3.8, 4) is 0 Å². The van der Waals surface area contributed by atoms with Crippen LogP contribution in [0.4, 0.5) is 0 Å². The Morgan fingerprint density at radius 3 is 2.50 bits per heavy atom. The van der Waals surface area contributed by atoms with Crippen molar-refractivity contribution in [1.82, 2.24) is 5.32 Å². The third-order valence-electron chi connectivity index (χ3n) is 4.42. The van der Waals surface area contributed by atoms with E-state index in [2.05, 4.69) is 54.0 Å². The van der Waals surface area contributed by atoms with Crippen molar-refractivity contribution in [2.75, 3.05) is 6.26 Å². The zero-order valence-electron chi connectivity index (χ0n) is 12.1. The highest BCUT2D eigenvalue weighted by Gasteiger charge is 2.19. The molecule has 1 fully saturated rings. The molecule has 0 radical (unpaired) electrons. The predicted molar refractivity (Wildman–Crippen MR) is 90.3 cm³/mol. The Balaban J connectivity index is 1.57. The first-order valence-electron chi connectivity index (χ1n) is 7.59. The molecule has 0 aromatic heterocycles. The molecule has 0 heterocycles. The van der Waals surface area contributed by atoms with Gasteiger partial charge in [-0.3, -0.25) is 0 Å². The van der Waals surface area contributed by atoms with Crippen LogP contribution in [0.2, 0.25) is 0 Å². The second kappa shape index (κ2) is 6.64. The first kappa shape index (κ1) is 14.0. The number of hydrogen-bond donors (Lipinski definition) is 1. The number of thioether (sulfide) groups is 1. The Labute approximate surface area is 126 Å². The number of benzene rings is 2. The van der Waals surface area contributed by atoms with E-state index >= 15 is 0 Å². The largest absolute Gasteiger partial charge is 0.310 e. The van der Waals surface area contributed by atoms with Crippen molar-refractivity contribution in [2.24, 2.45) is 0 Å². The van der Waals surface area contributed by atoms with Crippen LogP contribution in [0.5, 0.6) is 0 Å². The highest BCUT2D eigenvalue weighted by Crippen LogP contribution is 2.27. The third-order valence-corrected chi connectivity index (χ3v) is 5.55. The lowest BCUT2D eigenvalue weighted by Gasteiger charge is -2.28. The summed E-state index contributed by atoms with van der Waals surface area (Å²) in [5.74, 6) is 0. The minimum atomic E-state index is 0.713. The fraction of sp³-hybridized carbons (Fsp3) is 0.444. The highest BCUT2D eigenvalue weighted by atomic mass is 32.2. The van der Waals surface area contributed by atoms with E-state index in [1.807, 2.05) is 11.8 Å². The van der Waals surface area contributed by atoms with Crippen molar-refractivity contribution in [3.63, 3.8) is 0 Å². The predicted octanol–water partition coefficient (Wildman–Crippen LogP) is 4.60. The first-order chi connectivity index (χ1) is 9.85. The number of rotatable bonds is 4. The van der Waals surface area contributed by atoms with Gasteiger partial charge in [-0.15, -0.1) is 0 Å². The molecular weight excluding hydrogens is 262 g/mol. The summed E-state index contributed by atoms with van der Waals surface area (Å²) in [4.78, 5) is 0. The highest BCUT2D eigenvalue weighted by molar-refractivity contribution is 7.99. The van der Waals surface area contributed by atoms with E-state index in [0.717, 1.165) is 11.8 Å². The zero-order valence-corrected chi connectivity index (χ0v) is 13.0. The molecule has 0 bridgehead atoms. The average molecular weight is 285 g/mol. The molecule has 0 aliphatic heterocycles. The Bertz CT molecular complexity index is 558. The van der Waals surface area contributed by atoms with Crippen molar-refractivity contribution in [2.45, 2.75) is 43.5 Å². The fourth-order valence-electron chi connectivity index (χ4n) is 3.11. The number of fused-ring (bicyclic) bond motifs is 1. The van der Waals surface area contributed by atoms with Crippen LogP contribution >= 0.6 is 11.8 Å². The summed E-state index contributed by atoms with van der Waals surface area (Å²) in [5.41, 5.74) is 1.40. The molecule has 2 aromatic carbocycles. The molecule has 106 valence electrons. The van der Waals surface area contributed by atoms with Gasteiger partial charge in [0.05, 0.1) is 0 Å². The molecule has 20 heavy (non-hydrogen) atoms. The summed E-state index contributed by atoms with van der Waals surface area (Å²) in [7, 11) is 0. The Morgan fingerprint density at radius 1 is 1.00 bits per heavy atom. The molecule has 0 saturated heterocycles. The van der Waals surface area contributed by atoms with Gasteiger partial charge in [-0.1, -0.05) is 36.4 Å². The quantitative estimate of drug-likeness (QED) is 0.881. The van der Waals surface area contributed by atoms with Gasteiger partial charge in [-0.05, 0) is 54.3 Å². The van der Waals surface area contributed by atoms with Crippen LogP contribution in [0.3, 0.4) is 0 Å². The maximum Gasteiger partial charge on any atom is 0.0208 e. The van der Waals surface area contributed by atoms with Crippen LogP contribution in [-0.4, -0.2) is 17.5 Å². The lowest BCUT2D eigenvalue weighted by Crippen LogP contribution is -2.33. The summed E-state index contributed by atoms with van der Waals surface area (Å²) >= 11 is 2.04. The van der Waals surface area contributed by atoms with Crippen LogP contribution in [0, 0.1) is 0 Å². The van der Waals surface area contributed by atoms with Gasteiger partial charge >= 0.3 is 0 Å². The monoisotopic (exact) mass is 285 g/mol. The summed E-state index contributed by atoms with van der Waals surface area (Å²) < 4.78 is 0. The fourth-order valence-corrected chi connectivity index (χ4v) is 3.86. The van der Waals surface area contributed by atoms with Gasteiger partial charge in [0.2, 0.25) is 0 Å². The van der Waals surface area contributed by atoms with E-state index in [9.17, 15) is 0 Å². The van der Waals surface area contributed by atoms with E-state index in [4.69, 9.17) is 0 Å². The van der Waals surface area contributed by atoms with Crippen molar-refractivity contribution in [1.29, 1.82) is 0 Å². The summed E-state index contributed by atoms with van der Waals surface area (Å²) in [6, 6.07) is 16.1. The molecule has 0 unspecified atom stereocenters. The van der Waals surface area contributed by atoms with Crippen molar-refractivity contribution in [3.05, 3.63) is 48.0 Å². The van der Waals surface area contributed by atoms with Crippen molar-refractivity contribution < 1.29 is 0 Å². The van der Waals surface area contributed by atoms with Crippen LogP contribution in [-0.2, 0) is 6.54 Å². The zero-order chi connectivity index (χ0) is 13.8. The van der Waals surface area contributed by atoms with Crippen molar-refractivity contribution >= 4 is 22.5 Å². The van der Waals surface area contributed by atoms with Crippen LogP contribution in [0.1, 0.15) is 31.2 Å². The van der Waals surface area contributed by atoms with E-state index in [1.165, 1.54) is 42.0 Å². The number of hydrogen-bond acceptors (Lipinski definition) is 2. The first-order valence-corrected chi connectivity index (χ1v) is 8.88. The molecule has 0 amide bonds. The summed E-state index contributed by atoms with van der Waals surface area (Å²) in [6.07, 6.45) is 7.65. The standard InChI is InChI=1S/C18H23NS/c1-20-18-10-8-17(9-11-18)19-13-14-6-7-15-4-2-3-5-16(15)12-14/h2-7,12,17-19H,8-11,13H2,1H3. The van der Waals surface area contributed by atoms with Crippen LogP contribution in [0.15, 0.2) is 42.5 Å². The second-order valence-electron chi connectivity index (χ2n) is 5.77. The maximum atomic E-state index is 3.74. The topological polar surface area (TPSA) is 12.0 Å². The van der Waals surface area contributed by atoms with E-state index in [1.54, 1.807) is 0 Å². The third kappa shape index (κ3) is 3.36. The molecule has 3 rings (SSSR count). The second-order valence-corrected chi connectivity index (χ2v) is 6.91. The lowest BCUT2D eigenvalue weighted by atomic mass is 9.94. The van der Waals surface area contributed by atoms with E-state index in [0.29, 0.717) is 6.04 Å². The van der Waals surface area contributed by atoms with Crippen LogP contribution in [0.25, 0.3) is 10.8 Å². The van der Waals surface area contributed by atoms with Gasteiger partial charge in [-0.25, -0.2) is 0 Å². The van der Waals surface area contributed by atoms with E-state index < -0.39 is 0 Å². The molecule has 0 atom stereocenters. The van der Waals surface area contributed by atoms with Gasteiger partial charge in [0, 0.05) is 17.8 Å². The summed E-state index contributed by atoms with van der Waals surface area (Å²) in [5, 5.41) is 7.31. The minimum Gasteiger partial charge on any atom is -0.310 e. The van der Waals surface area contributed by atoms with E-state index in [-0.39, 0.29) is 0 Å². The SMILES string of the molecule is CSC1CCC(NCc2ccc3ccccc3c2)CC1. The van der Waals surface area contributed by atoms with Gasteiger partial charge in [0.15, 0.2) is 0 Å². The molecular formula is C18H23NS. The number of nitrogens with one attached hydrogen (secondary N) is 1. The Morgan fingerprint density at radius 2 is 1.75 bits per heavy atom. The molecule has 0 spiro atoms. The Hall–Kier alpha value is -0.990. The average Bonchev–Trinajstić information content (AvgIpc) is 2.53. The molecule has 1 aliphatic rings. The molecule has 1 nitrogen and oxygen atoms in total. The molecule has 1 aliphatic carbocycles. The normalized spacial score (nSPS) is 23.1. The molecule has 2 heteroatoms. The molecule has 1 saturated carbocycles.